The van der Waals surface area contributed by atoms with E-state index < -0.39 is 16.0 Å². The van der Waals surface area contributed by atoms with Crippen molar-refractivity contribution in [3.8, 4) is 0 Å². The standard InChI is InChI=1S/C21H26N2O5S/c1-3-28-21(24)18-5-4-6-20(15-18)29(25,26)22(2)16-17-7-9-19(10-8-17)23-11-13-27-14-12-23/h4-10,15H,3,11-14,16H2,1-2H3. The molecule has 8 heteroatoms. The van der Waals surface area contributed by atoms with Gasteiger partial charge in [0.1, 0.15) is 0 Å². The van der Waals surface area contributed by atoms with Crippen LogP contribution in [0, 0.1) is 0 Å². The highest BCUT2D eigenvalue weighted by Gasteiger charge is 2.22. The van der Waals surface area contributed by atoms with Gasteiger partial charge < -0.3 is 14.4 Å². The van der Waals surface area contributed by atoms with Crippen LogP contribution in [0.1, 0.15) is 22.8 Å². The van der Waals surface area contributed by atoms with Crippen molar-refractivity contribution in [3.05, 3.63) is 59.7 Å². The average molecular weight is 419 g/mol. The lowest BCUT2D eigenvalue weighted by atomic mass is 10.2. The number of esters is 1. The SMILES string of the molecule is CCOC(=O)c1cccc(S(=O)(=O)N(C)Cc2ccc(N3CCOCC3)cc2)c1. The predicted octanol–water partition coefficient (Wildman–Crippen LogP) is 2.52. The summed E-state index contributed by atoms with van der Waals surface area (Å²) < 4.78 is 37.5. The molecule has 0 aliphatic carbocycles. The van der Waals surface area contributed by atoms with Crippen LogP contribution in [0.5, 0.6) is 0 Å². The Hall–Kier alpha value is -2.42. The molecule has 1 fully saturated rings. The molecule has 0 bridgehead atoms. The molecule has 0 aromatic heterocycles. The Balaban J connectivity index is 1.71. The maximum atomic E-state index is 12.9. The van der Waals surface area contributed by atoms with Gasteiger partial charge in [0.05, 0.1) is 30.3 Å². The summed E-state index contributed by atoms with van der Waals surface area (Å²) in [7, 11) is -2.21. The second-order valence-corrected chi connectivity index (χ2v) is 8.82. The Morgan fingerprint density at radius 3 is 2.48 bits per heavy atom. The first kappa shape index (κ1) is 21.3. The van der Waals surface area contributed by atoms with E-state index in [-0.39, 0.29) is 23.6 Å². The van der Waals surface area contributed by atoms with Crippen molar-refractivity contribution in [2.24, 2.45) is 0 Å². The van der Waals surface area contributed by atoms with Crippen molar-refractivity contribution in [1.29, 1.82) is 0 Å². The molecule has 29 heavy (non-hydrogen) atoms. The number of hydrogen-bond donors (Lipinski definition) is 0. The van der Waals surface area contributed by atoms with Gasteiger partial charge >= 0.3 is 5.97 Å². The molecule has 1 aliphatic heterocycles. The van der Waals surface area contributed by atoms with Crippen LogP contribution in [0.4, 0.5) is 5.69 Å². The van der Waals surface area contributed by atoms with Crippen molar-refractivity contribution in [2.75, 3.05) is 44.9 Å². The molecule has 1 heterocycles. The molecule has 2 aromatic carbocycles. The number of sulfonamides is 1. The van der Waals surface area contributed by atoms with Crippen molar-refractivity contribution >= 4 is 21.7 Å². The van der Waals surface area contributed by atoms with E-state index in [2.05, 4.69) is 4.90 Å². The minimum atomic E-state index is -3.74. The topological polar surface area (TPSA) is 76.2 Å². The fraction of sp³-hybridized carbons (Fsp3) is 0.381. The van der Waals surface area contributed by atoms with Crippen LogP contribution in [-0.4, -0.2) is 58.7 Å². The Morgan fingerprint density at radius 2 is 1.83 bits per heavy atom. The highest BCUT2D eigenvalue weighted by atomic mass is 32.2. The predicted molar refractivity (Wildman–Crippen MR) is 111 cm³/mol. The lowest BCUT2D eigenvalue weighted by molar-refractivity contribution is 0.0526. The van der Waals surface area contributed by atoms with Gasteiger partial charge in [-0.25, -0.2) is 13.2 Å². The van der Waals surface area contributed by atoms with Crippen LogP contribution in [0.15, 0.2) is 53.4 Å². The van der Waals surface area contributed by atoms with Crippen molar-refractivity contribution in [2.45, 2.75) is 18.4 Å². The van der Waals surface area contributed by atoms with E-state index in [0.29, 0.717) is 13.2 Å². The molecule has 0 radical (unpaired) electrons. The van der Waals surface area contributed by atoms with Gasteiger partial charge in [0.15, 0.2) is 0 Å². The first-order valence-corrected chi connectivity index (χ1v) is 11.0. The maximum absolute atomic E-state index is 12.9. The van der Waals surface area contributed by atoms with Gasteiger partial charge in [-0.15, -0.1) is 0 Å². The lowest BCUT2D eigenvalue weighted by Gasteiger charge is -2.29. The normalized spacial score (nSPS) is 14.8. The zero-order chi connectivity index (χ0) is 20.9. The number of ether oxygens (including phenoxy) is 2. The molecule has 0 saturated carbocycles. The molecule has 0 unspecified atom stereocenters. The number of nitrogens with zero attached hydrogens (tertiary/aromatic N) is 2. The first-order chi connectivity index (χ1) is 13.9. The van der Waals surface area contributed by atoms with E-state index in [1.807, 2.05) is 24.3 Å². The molecular weight excluding hydrogens is 392 g/mol. The number of rotatable bonds is 7. The fourth-order valence-electron chi connectivity index (χ4n) is 3.15. The number of carbonyl (C=O) groups is 1. The third kappa shape index (κ3) is 5.14. The van der Waals surface area contributed by atoms with E-state index >= 15 is 0 Å². The minimum Gasteiger partial charge on any atom is -0.462 e. The molecule has 0 atom stereocenters. The summed E-state index contributed by atoms with van der Waals surface area (Å²) in [5.74, 6) is -0.536. The molecule has 0 amide bonds. The van der Waals surface area contributed by atoms with E-state index in [1.165, 1.54) is 23.5 Å². The zero-order valence-electron chi connectivity index (χ0n) is 16.7. The summed E-state index contributed by atoms with van der Waals surface area (Å²) in [6.45, 7) is 5.30. The molecule has 0 N–H and O–H groups in total. The van der Waals surface area contributed by atoms with Crippen LogP contribution in [0.2, 0.25) is 0 Å². The Kier molecular flexibility index (Phi) is 6.89. The smallest absolute Gasteiger partial charge is 0.338 e. The fourth-order valence-corrected chi connectivity index (χ4v) is 4.36. The van der Waals surface area contributed by atoms with Crippen molar-refractivity contribution in [1.82, 2.24) is 4.31 Å². The van der Waals surface area contributed by atoms with E-state index in [9.17, 15) is 13.2 Å². The second-order valence-electron chi connectivity index (χ2n) is 6.78. The Bertz CT molecular complexity index is 938. The summed E-state index contributed by atoms with van der Waals surface area (Å²) in [5, 5.41) is 0. The number of morpholine rings is 1. The summed E-state index contributed by atoms with van der Waals surface area (Å²) in [6.07, 6.45) is 0. The van der Waals surface area contributed by atoms with Crippen molar-refractivity contribution in [3.63, 3.8) is 0 Å². The van der Waals surface area contributed by atoms with Gasteiger partial charge in [-0.05, 0) is 42.8 Å². The van der Waals surface area contributed by atoms with Crippen LogP contribution >= 0.6 is 0 Å². The van der Waals surface area contributed by atoms with E-state index in [4.69, 9.17) is 9.47 Å². The first-order valence-electron chi connectivity index (χ1n) is 9.57. The molecule has 1 saturated heterocycles. The third-order valence-corrected chi connectivity index (χ3v) is 6.57. The summed E-state index contributed by atoms with van der Waals surface area (Å²) in [4.78, 5) is 14.2. The van der Waals surface area contributed by atoms with Crippen LogP contribution in [-0.2, 0) is 26.0 Å². The monoisotopic (exact) mass is 418 g/mol. The average Bonchev–Trinajstić information content (AvgIpc) is 2.75. The summed E-state index contributed by atoms with van der Waals surface area (Å²) in [6, 6.07) is 13.8. The molecule has 2 aromatic rings. The lowest BCUT2D eigenvalue weighted by Crippen LogP contribution is -2.36. The quantitative estimate of drug-likeness (QED) is 0.643. The van der Waals surface area contributed by atoms with E-state index in [0.717, 1.165) is 24.3 Å². The second kappa shape index (κ2) is 9.39. The number of anilines is 1. The van der Waals surface area contributed by atoms with Gasteiger partial charge in [-0.1, -0.05) is 18.2 Å². The highest BCUT2D eigenvalue weighted by Crippen LogP contribution is 2.21. The third-order valence-electron chi connectivity index (χ3n) is 4.77. The highest BCUT2D eigenvalue weighted by molar-refractivity contribution is 7.89. The molecule has 156 valence electrons. The van der Waals surface area contributed by atoms with Gasteiger partial charge in [-0.3, -0.25) is 0 Å². The minimum absolute atomic E-state index is 0.0653. The zero-order valence-corrected chi connectivity index (χ0v) is 17.5. The summed E-state index contributed by atoms with van der Waals surface area (Å²) >= 11 is 0. The largest absolute Gasteiger partial charge is 0.462 e. The van der Waals surface area contributed by atoms with Gasteiger partial charge in [0.25, 0.3) is 0 Å². The molecular formula is C21H26N2O5S. The molecule has 3 rings (SSSR count). The van der Waals surface area contributed by atoms with Crippen LogP contribution in [0.3, 0.4) is 0 Å². The molecule has 7 nitrogen and oxygen atoms in total. The summed E-state index contributed by atoms with van der Waals surface area (Å²) in [5.41, 5.74) is 2.20. The van der Waals surface area contributed by atoms with Gasteiger partial charge in [0, 0.05) is 32.4 Å². The van der Waals surface area contributed by atoms with E-state index in [1.54, 1.807) is 19.1 Å². The van der Waals surface area contributed by atoms with Crippen LogP contribution < -0.4 is 4.90 Å². The number of carbonyl (C=O) groups excluding carboxylic acids is 1. The van der Waals surface area contributed by atoms with Crippen molar-refractivity contribution < 1.29 is 22.7 Å². The molecule has 1 aliphatic rings. The number of benzene rings is 2. The molecule has 0 spiro atoms. The van der Waals surface area contributed by atoms with Crippen LogP contribution in [0.25, 0.3) is 0 Å². The Morgan fingerprint density at radius 1 is 1.14 bits per heavy atom. The number of hydrogen-bond acceptors (Lipinski definition) is 6. The van der Waals surface area contributed by atoms with Gasteiger partial charge in [0.2, 0.25) is 10.0 Å². The van der Waals surface area contributed by atoms with Gasteiger partial charge in [-0.2, -0.15) is 4.31 Å². The Labute approximate surface area is 171 Å². The maximum Gasteiger partial charge on any atom is 0.338 e.